The van der Waals surface area contributed by atoms with Gasteiger partial charge in [-0.05, 0) is 58.7 Å². The van der Waals surface area contributed by atoms with E-state index in [1.807, 2.05) is 0 Å². The highest BCUT2D eigenvalue weighted by Gasteiger charge is 2.32. The minimum atomic E-state index is 0.747. The van der Waals surface area contributed by atoms with Crippen LogP contribution in [-0.4, -0.2) is 76.8 Å². The summed E-state index contributed by atoms with van der Waals surface area (Å²) in [6.45, 7) is 11.0. The molecule has 3 heterocycles. The maximum absolute atomic E-state index is 4.53. The lowest BCUT2D eigenvalue weighted by atomic mass is 9.89. The Morgan fingerprint density at radius 3 is 2.32 bits per heavy atom. The zero-order valence-electron chi connectivity index (χ0n) is 16.3. The van der Waals surface area contributed by atoms with Gasteiger partial charge in [0, 0.05) is 63.0 Å². The van der Waals surface area contributed by atoms with Gasteiger partial charge in [0.25, 0.3) is 0 Å². The molecule has 3 aliphatic rings. The summed E-state index contributed by atoms with van der Waals surface area (Å²) in [4.78, 5) is 7.85. The van der Waals surface area contributed by atoms with Gasteiger partial charge >= 0.3 is 0 Å². The number of aromatic nitrogens is 2. The van der Waals surface area contributed by atoms with Gasteiger partial charge in [0.15, 0.2) is 0 Å². The summed E-state index contributed by atoms with van der Waals surface area (Å²) >= 11 is 0. The summed E-state index contributed by atoms with van der Waals surface area (Å²) in [5, 5.41) is 4.53. The van der Waals surface area contributed by atoms with Crippen molar-refractivity contribution >= 4 is 0 Å². The van der Waals surface area contributed by atoms with Crippen molar-refractivity contribution in [3.8, 4) is 0 Å². The van der Waals surface area contributed by atoms with Crippen molar-refractivity contribution in [3.63, 3.8) is 0 Å². The van der Waals surface area contributed by atoms with Crippen molar-refractivity contribution in [2.75, 3.05) is 46.3 Å². The maximum atomic E-state index is 4.53. The van der Waals surface area contributed by atoms with E-state index < -0.39 is 0 Å². The van der Waals surface area contributed by atoms with Crippen LogP contribution in [0, 0.1) is 5.92 Å². The Kier molecular flexibility index (Phi) is 5.16. The fourth-order valence-corrected chi connectivity index (χ4v) is 4.86. The van der Waals surface area contributed by atoms with E-state index in [-0.39, 0.29) is 0 Å². The molecule has 0 spiro atoms. The lowest BCUT2D eigenvalue weighted by molar-refractivity contribution is 0.0598. The molecule has 0 radical (unpaired) electrons. The smallest absolute Gasteiger partial charge is 0.0537 e. The molecule has 0 aromatic carbocycles. The standard InChI is InChI=1S/C20H35N5/c1-16(25-12-10-22(2)11-13-25)17-6-8-24(9-7-17)15-19-14-21-23(3)20(19)18-4-5-18/h14,16-18H,4-13,15H2,1-3H3/t16-/m0/s1. The SMILES string of the molecule is C[C@@H](C1CCN(Cc2cnn(C)c2C2CC2)CC1)N1CCN(C)CC1. The molecule has 1 saturated carbocycles. The topological polar surface area (TPSA) is 27.5 Å². The van der Waals surface area contributed by atoms with Crippen molar-refractivity contribution in [2.24, 2.45) is 13.0 Å². The number of hydrogen-bond acceptors (Lipinski definition) is 4. The molecule has 1 aromatic heterocycles. The fraction of sp³-hybridized carbons (Fsp3) is 0.850. The Bertz CT molecular complexity index is 563. The molecular formula is C20H35N5. The fourth-order valence-electron chi connectivity index (χ4n) is 4.86. The summed E-state index contributed by atoms with van der Waals surface area (Å²) < 4.78 is 2.12. The molecule has 0 amide bonds. The largest absolute Gasteiger partial charge is 0.304 e. The van der Waals surface area contributed by atoms with Crippen LogP contribution < -0.4 is 0 Å². The number of piperidine rings is 1. The van der Waals surface area contributed by atoms with Gasteiger partial charge in [0.1, 0.15) is 0 Å². The summed E-state index contributed by atoms with van der Waals surface area (Å²) in [6.07, 6.45) is 7.54. The number of rotatable bonds is 5. The van der Waals surface area contributed by atoms with E-state index >= 15 is 0 Å². The molecule has 25 heavy (non-hydrogen) atoms. The van der Waals surface area contributed by atoms with E-state index in [0.29, 0.717) is 0 Å². The normalized spacial score (nSPS) is 26.2. The van der Waals surface area contributed by atoms with Gasteiger partial charge in [-0.25, -0.2) is 0 Å². The van der Waals surface area contributed by atoms with Gasteiger partial charge in [-0.2, -0.15) is 5.10 Å². The van der Waals surface area contributed by atoms with Crippen LogP contribution in [0.3, 0.4) is 0 Å². The van der Waals surface area contributed by atoms with Gasteiger partial charge < -0.3 is 4.90 Å². The lowest BCUT2D eigenvalue weighted by Gasteiger charge is -2.42. The van der Waals surface area contributed by atoms with Gasteiger partial charge in [0.2, 0.25) is 0 Å². The molecule has 0 bridgehead atoms. The van der Waals surface area contributed by atoms with Crippen LogP contribution in [0.1, 0.15) is 49.8 Å². The van der Waals surface area contributed by atoms with Gasteiger partial charge in [-0.3, -0.25) is 14.5 Å². The zero-order chi connectivity index (χ0) is 17.4. The predicted molar refractivity (Wildman–Crippen MR) is 102 cm³/mol. The highest BCUT2D eigenvalue weighted by atomic mass is 15.3. The van der Waals surface area contributed by atoms with E-state index in [4.69, 9.17) is 0 Å². The Labute approximate surface area is 153 Å². The Hall–Kier alpha value is -0.910. The number of nitrogens with zero attached hydrogens (tertiary/aromatic N) is 5. The minimum Gasteiger partial charge on any atom is -0.304 e. The molecule has 0 unspecified atom stereocenters. The molecular weight excluding hydrogens is 310 g/mol. The van der Waals surface area contributed by atoms with Crippen molar-refractivity contribution in [1.29, 1.82) is 0 Å². The molecule has 2 saturated heterocycles. The molecule has 1 aliphatic carbocycles. The van der Waals surface area contributed by atoms with Crippen LogP contribution in [0.4, 0.5) is 0 Å². The molecule has 2 aliphatic heterocycles. The average Bonchev–Trinajstić information content (AvgIpc) is 3.39. The average molecular weight is 346 g/mol. The molecule has 4 rings (SSSR count). The van der Waals surface area contributed by atoms with E-state index in [0.717, 1.165) is 24.4 Å². The third-order valence-corrected chi connectivity index (χ3v) is 6.85. The summed E-state index contributed by atoms with van der Waals surface area (Å²) in [5.74, 6) is 1.66. The van der Waals surface area contributed by atoms with E-state index in [2.05, 4.69) is 51.7 Å². The van der Waals surface area contributed by atoms with Crippen LogP contribution in [0.5, 0.6) is 0 Å². The van der Waals surface area contributed by atoms with Crippen molar-refractivity contribution < 1.29 is 0 Å². The predicted octanol–water partition coefficient (Wildman–Crippen LogP) is 2.15. The molecule has 0 N–H and O–H groups in total. The first-order valence-corrected chi connectivity index (χ1v) is 10.3. The molecule has 5 nitrogen and oxygen atoms in total. The van der Waals surface area contributed by atoms with Gasteiger partial charge in [-0.15, -0.1) is 0 Å². The van der Waals surface area contributed by atoms with Crippen LogP contribution >= 0.6 is 0 Å². The molecule has 1 aromatic rings. The summed E-state index contributed by atoms with van der Waals surface area (Å²) in [7, 11) is 4.36. The second-order valence-corrected chi connectivity index (χ2v) is 8.65. The van der Waals surface area contributed by atoms with E-state index in [1.54, 1.807) is 0 Å². The molecule has 5 heteroatoms. The molecule has 1 atom stereocenters. The quantitative estimate of drug-likeness (QED) is 0.817. The Balaban J connectivity index is 1.28. The van der Waals surface area contributed by atoms with Crippen LogP contribution in [-0.2, 0) is 13.6 Å². The zero-order valence-corrected chi connectivity index (χ0v) is 16.3. The van der Waals surface area contributed by atoms with Crippen molar-refractivity contribution in [3.05, 3.63) is 17.5 Å². The minimum absolute atomic E-state index is 0.747. The molecule has 3 fully saturated rings. The summed E-state index contributed by atoms with van der Waals surface area (Å²) in [6, 6.07) is 0.747. The van der Waals surface area contributed by atoms with E-state index in [9.17, 15) is 0 Å². The highest BCUT2D eigenvalue weighted by Crippen LogP contribution is 2.41. The highest BCUT2D eigenvalue weighted by molar-refractivity contribution is 5.25. The first kappa shape index (κ1) is 17.5. The van der Waals surface area contributed by atoms with Crippen LogP contribution in [0.2, 0.25) is 0 Å². The second-order valence-electron chi connectivity index (χ2n) is 8.65. The van der Waals surface area contributed by atoms with Gasteiger partial charge in [-0.1, -0.05) is 0 Å². The molecule has 140 valence electrons. The second kappa shape index (κ2) is 7.37. The van der Waals surface area contributed by atoms with E-state index in [1.165, 1.54) is 76.2 Å². The number of likely N-dealkylation sites (N-methyl/N-ethyl adjacent to an activating group) is 1. The number of piperazine rings is 1. The Morgan fingerprint density at radius 2 is 1.68 bits per heavy atom. The third-order valence-electron chi connectivity index (χ3n) is 6.85. The van der Waals surface area contributed by atoms with Gasteiger partial charge in [0.05, 0.1) is 6.20 Å². The first-order chi connectivity index (χ1) is 12.1. The first-order valence-electron chi connectivity index (χ1n) is 10.3. The monoisotopic (exact) mass is 345 g/mol. The Morgan fingerprint density at radius 1 is 1.00 bits per heavy atom. The number of aryl methyl sites for hydroxylation is 1. The lowest BCUT2D eigenvalue weighted by Crippen LogP contribution is -2.51. The number of likely N-dealkylation sites (tertiary alicyclic amines) is 1. The third kappa shape index (κ3) is 3.93. The van der Waals surface area contributed by atoms with Crippen molar-refractivity contribution in [2.45, 2.75) is 51.1 Å². The number of hydrogen-bond donors (Lipinski definition) is 0. The van der Waals surface area contributed by atoms with Crippen molar-refractivity contribution in [1.82, 2.24) is 24.5 Å². The van der Waals surface area contributed by atoms with Crippen LogP contribution in [0.25, 0.3) is 0 Å². The van der Waals surface area contributed by atoms with Crippen LogP contribution in [0.15, 0.2) is 6.20 Å². The summed E-state index contributed by atoms with van der Waals surface area (Å²) in [5.41, 5.74) is 2.99. The maximum Gasteiger partial charge on any atom is 0.0537 e.